The van der Waals surface area contributed by atoms with E-state index in [0.717, 1.165) is 11.3 Å². The quantitative estimate of drug-likeness (QED) is 0.641. The van der Waals surface area contributed by atoms with Gasteiger partial charge in [0.05, 0.1) is 5.69 Å². The van der Waals surface area contributed by atoms with Gasteiger partial charge in [-0.25, -0.2) is 9.48 Å². The van der Waals surface area contributed by atoms with Gasteiger partial charge < -0.3 is 10.1 Å². The average molecular weight is 398 g/mol. The summed E-state index contributed by atoms with van der Waals surface area (Å²) in [7, 11) is 0. The van der Waals surface area contributed by atoms with E-state index < -0.39 is 12.1 Å². The summed E-state index contributed by atoms with van der Waals surface area (Å²) < 4.78 is 6.96. The maximum absolute atomic E-state index is 12.8. The molecule has 0 fully saturated rings. The van der Waals surface area contributed by atoms with Crippen LogP contribution in [0.2, 0.25) is 5.02 Å². The normalized spacial score (nSPS) is 11.7. The molecule has 6 nitrogen and oxygen atoms in total. The van der Waals surface area contributed by atoms with Gasteiger partial charge >= 0.3 is 5.97 Å². The van der Waals surface area contributed by atoms with Gasteiger partial charge in [0.2, 0.25) is 0 Å². The highest BCUT2D eigenvalue weighted by molar-refractivity contribution is 6.30. The second-order valence-electron chi connectivity index (χ2n) is 6.12. The third-order valence-corrected chi connectivity index (χ3v) is 4.33. The summed E-state index contributed by atoms with van der Waals surface area (Å²) in [5.41, 5.74) is 2.24. The molecule has 0 radical (unpaired) electrons. The van der Waals surface area contributed by atoms with Gasteiger partial charge in [-0.1, -0.05) is 41.9 Å². The topological polar surface area (TPSA) is 73.2 Å². The van der Waals surface area contributed by atoms with Gasteiger partial charge in [-0.3, -0.25) is 4.79 Å². The van der Waals surface area contributed by atoms with Crippen LogP contribution in [0.5, 0.6) is 0 Å². The van der Waals surface area contributed by atoms with Crippen LogP contribution in [0, 0.1) is 0 Å². The van der Waals surface area contributed by atoms with E-state index in [0.29, 0.717) is 17.3 Å². The van der Waals surface area contributed by atoms with Crippen molar-refractivity contribution in [1.82, 2.24) is 15.1 Å². The van der Waals surface area contributed by atoms with E-state index in [-0.39, 0.29) is 11.5 Å². The molecule has 144 valence electrons. The molecule has 7 heteroatoms. The summed E-state index contributed by atoms with van der Waals surface area (Å²) in [6, 6.07) is 16.4. The monoisotopic (exact) mass is 397 g/mol. The largest absolute Gasteiger partial charge is 0.449 e. The van der Waals surface area contributed by atoms with E-state index in [4.69, 9.17) is 16.3 Å². The lowest BCUT2D eigenvalue weighted by atomic mass is 10.1. The summed E-state index contributed by atoms with van der Waals surface area (Å²) in [6.45, 7) is 3.80. The van der Waals surface area contributed by atoms with Gasteiger partial charge in [0.25, 0.3) is 5.91 Å². The molecule has 3 aromatic rings. The molecule has 1 heterocycles. The summed E-state index contributed by atoms with van der Waals surface area (Å²) >= 11 is 5.97. The molecule has 0 aliphatic carbocycles. The smallest absolute Gasteiger partial charge is 0.342 e. The lowest BCUT2D eigenvalue weighted by Gasteiger charge is -2.12. The minimum atomic E-state index is -0.911. The molecule has 1 amide bonds. The number of likely N-dealkylation sites (N-methyl/N-ethyl adjacent to an activating group) is 1. The molecule has 2 aromatic carbocycles. The summed E-state index contributed by atoms with van der Waals surface area (Å²) in [5, 5.41) is 7.78. The maximum Gasteiger partial charge on any atom is 0.342 e. The summed E-state index contributed by atoms with van der Waals surface area (Å²) in [5.74, 6) is -0.967. The van der Waals surface area contributed by atoms with Crippen molar-refractivity contribution >= 4 is 23.5 Å². The number of benzene rings is 2. The van der Waals surface area contributed by atoms with E-state index in [1.54, 1.807) is 42.1 Å². The first-order chi connectivity index (χ1) is 13.5. The van der Waals surface area contributed by atoms with Crippen molar-refractivity contribution in [2.45, 2.75) is 20.0 Å². The second-order valence-corrected chi connectivity index (χ2v) is 6.56. The number of esters is 1. The molecular weight excluding hydrogens is 378 g/mol. The number of hydrogen-bond donors (Lipinski definition) is 1. The standard InChI is InChI=1S/C21H20ClN3O3/c1-3-23-20(26)14(2)28-21(27)18-13-25(17-7-5-4-6-8-17)24-19(18)15-9-11-16(22)12-10-15/h4-14H,3H2,1-2H3,(H,23,26)/t14-/m0/s1. The third-order valence-electron chi connectivity index (χ3n) is 4.08. The van der Waals surface area contributed by atoms with E-state index in [1.165, 1.54) is 6.92 Å². The molecule has 0 saturated heterocycles. The predicted octanol–water partition coefficient (Wildman–Crippen LogP) is 3.87. The Morgan fingerprint density at radius 1 is 1.14 bits per heavy atom. The minimum absolute atomic E-state index is 0.266. The minimum Gasteiger partial charge on any atom is -0.449 e. The number of rotatable bonds is 6. The Bertz CT molecular complexity index is 968. The zero-order chi connectivity index (χ0) is 20.1. The molecule has 3 rings (SSSR count). The highest BCUT2D eigenvalue weighted by Gasteiger charge is 2.24. The molecule has 1 atom stereocenters. The number of carbonyl (C=O) groups is 2. The molecule has 1 N–H and O–H groups in total. The van der Waals surface area contributed by atoms with Gasteiger partial charge in [0.15, 0.2) is 6.10 Å². The number of nitrogens with one attached hydrogen (secondary N) is 1. The van der Waals surface area contributed by atoms with Crippen molar-refractivity contribution in [2.24, 2.45) is 0 Å². The van der Waals surface area contributed by atoms with Gasteiger partial charge in [0.1, 0.15) is 11.3 Å². The molecule has 28 heavy (non-hydrogen) atoms. The van der Waals surface area contributed by atoms with E-state index in [9.17, 15) is 9.59 Å². The van der Waals surface area contributed by atoms with Crippen LogP contribution in [-0.2, 0) is 9.53 Å². The number of carbonyl (C=O) groups excluding carboxylic acids is 2. The average Bonchev–Trinajstić information content (AvgIpc) is 3.15. The predicted molar refractivity (Wildman–Crippen MR) is 108 cm³/mol. The van der Waals surface area contributed by atoms with Crippen molar-refractivity contribution in [3.8, 4) is 16.9 Å². The fourth-order valence-corrected chi connectivity index (χ4v) is 2.78. The lowest BCUT2D eigenvalue weighted by molar-refractivity contribution is -0.128. The molecule has 0 unspecified atom stereocenters. The van der Waals surface area contributed by atoms with Crippen LogP contribution in [0.3, 0.4) is 0 Å². The van der Waals surface area contributed by atoms with Crippen LogP contribution >= 0.6 is 11.6 Å². The number of para-hydroxylation sites is 1. The maximum atomic E-state index is 12.8. The lowest BCUT2D eigenvalue weighted by Crippen LogP contribution is -2.35. The van der Waals surface area contributed by atoms with Crippen LogP contribution < -0.4 is 5.32 Å². The fraction of sp³-hybridized carbons (Fsp3) is 0.190. The van der Waals surface area contributed by atoms with E-state index >= 15 is 0 Å². The highest BCUT2D eigenvalue weighted by atomic mass is 35.5. The Morgan fingerprint density at radius 3 is 2.46 bits per heavy atom. The van der Waals surface area contributed by atoms with Crippen molar-refractivity contribution in [1.29, 1.82) is 0 Å². The van der Waals surface area contributed by atoms with Crippen LogP contribution in [0.25, 0.3) is 16.9 Å². The molecule has 0 bridgehead atoms. The van der Waals surface area contributed by atoms with E-state index in [1.807, 2.05) is 30.3 Å². The summed E-state index contributed by atoms with van der Waals surface area (Å²) in [4.78, 5) is 24.7. The zero-order valence-corrected chi connectivity index (χ0v) is 16.3. The molecule has 0 saturated carbocycles. The fourth-order valence-electron chi connectivity index (χ4n) is 2.65. The Labute approximate surface area is 168 Å². The Balaban J connectivity index is 1.98. The Hall–Kier alpha value is -3.12. The number of hydrogen-bond acceptors (Lipinski definition) is 4. The number of amides is 1. The second kappa shape index (κ2) is 8.71. The molecule has 0 spiro atoms. The van der Waals surface area contributed by atoms with Crippen LogP contribution in [0.4, 0.5) is 0 Å². The van der Waals surface area contributed by atoms with Crippen LogP contribution in [-0.4, -0.2) is 34.3 Å². The molecular formula is C21H20ClN3O3. The summed E-state index contributed by atoms with van der Waals surface area (Å²) in [6.07, 6.45) is 0.692. The van der Waals surface area contributed by atoms with Crippen LogP contribution in [0.1, 0.15) is 24.2 Å². The first-order valence-corrected chi connectivity index (χ1v) is 9.27. The van der Waals surface area contributed by atoms with Crippen molar-refractivity contribution in [3.05, 3.63) is 71.4 Å². The molecule has 0 aliphatic rings. The van der Waals surface area contributed by atoms with Crippen molar-refractivity contribution in [2.75, 3.05) is 6.54 Å². The van der Waals surface area contributed by atoms with Crippen LogP contribution in [0.15, 0.2) is 60.8 Å². The van der Waals surface area contributed by atoms with Crippen molar-refractivity contribution < 1.29 is 14.3 Å². The third kappa shape index (κ3) is 4.40. The number of ether oxygens (including phenoxy) is 1. The zero-order valence-electron chi connectivity index (χ0n) is 15.6. The van der Waals surface area contributed by atoms with E-state index in [2.05, 4.69) is 10.4 Å². The van der Waals surface area contributed by atoms with Gasteiger partial charge in [0, 0.05) is 23.3 Å². The number of nitrogens with zero attached hydrogens (tertiary/aromatic N) is 2. The van der Waals surface area contributed by atoms with Crippen molar-refractivity contribution in [3.63, 3.8) is 0 Å². The Kier molecular flexibility index (Phi) is 6.11. The first-order valence-electron chi connectivity index (χ1n) is 8.89. The Morgan fingerprint density at radius 2 is 1.82 bits per heavy atom. The number of halogens is 1. The number of aromatic nitrogens is 2. The van der Waals surface area contributed by atoms with Gasteiger partial charge in [-0.05, 0) is 38.1 Å². The first kappa shape index (κ1) is 19.6. The SMILES string of the molecule is CCNC(=O)[C@H](C)OC(=O)c1cn(-c2ccccc2)nc1-c1ccc(Cl)cc1. The van der Waals surface area contributed by atoms with Gasteiger partial charge in [-0.2, -0.15) is 5.10 Å². The molecule has 0 aliphatic heterocycles. The molecule has 1 aromatic heterocycles. The highest BCUT2D eigenvalue weighted by Crippen LogP contribution is 2.26. The van der Waals surface area contributed by atoms with Gasteiger partial charge in [-0.15, -0.1) is 0 Å².